The molecule has 0 aliphatic heterocycles. The van der Waals surface area contributed by atoms with Crippen LogP contribution in [0, 0.1) is 19.7 Å². The molecule has 2 aromatic rings. The minimum atomic E-state index is -0.480. The predicted octanol–water partition coefficient (Wildman–Crippen LogP) is 3.47. The van der Waals surface area contributed by atoms with Crippen molar-refractivity contribution in [1.29, 1.82) is 0 Å². The van der Waals surface area contributed by atoms with E-state index in [-0.39, 0.29) is 12.3 Å². The van der Waals surface area contributed by atoms with Crippen LogP contribution in [0.2, 0.25) is 0 Å². The van der Waals surface area contributed by atoms with Gasteiger partial charge in [-0.1, -0.05) is 12.1 Å². The van der Waals surface area contributed by atoms with Crippen LogP contribution in [0.3, 0.4) is 0 Å². The maximum absolute atomic E-state index is 13.6. The van der Waals surface area contributed by atoms with E-state index in [1.165, 1.54) is 13.2 Å². The molecule has 0 saturated heterocycles. The molecule has 0 aliphatic rings. The number of carbonyl (C=O) groups excluding carboxylic acids is 1. The predicted molar refractivity (Wildman–Crippen MR) is 83.0 cm³/mol. The third kappa shape index (κ3) is 3.97. The number of amides is 1. The van der Waals surface area contributed by atoms with Gasteiger partial charge in [-0.25, -0.2) is 4.39 Å². The van der Waals surface area contributed by atoms with Crippen molar-refractivity contribution in [2.24, 2.45) is 0 Å². The molecule has 0 atom stereocenters. The molecule has 0 heterocycles. The van der Waals surface area contributed by atoms with Gasteiger partial charge in [-0.2, -0.15) is 0 Å². The molecule has 0 fully saturated rings. The number of nitrogens with one attached hydrogen (secondary N) is 1. The van der Waals surface area contributed by atoms with Gasteiger partial charge in [-0.15, -0.1) is 0 Å². The second-order valence-electron chi connectivity index (χ2n) is 4.97. The van der Waals surface area contributed by atoms with Gasteiger partial charge in [0.05, 0.1) is 12.8 Å². The highest BCUT2D eigenvalue weighted by atomic mass is 19.1. The highest BCUT2D eigenvalue weighted by Crippen LogP contribution is 2.27. The summed E-state index contributed by atoms with van der Waals surface area (Å²) in [5.74, 6) is 0.0986. The highest BCUT2D eigenvalue weighted by Gasteiger charge is 2.10. The van der Waals surface area contributed by atoms with E-state index in [4.69, 9.17) is 9.47 Å². The Morgan fingerprint density at radius 3 is 2.50 bits per heavy atom. The van der Waals surface area contributed by atoms with Gasteiger partial charge < -0.3 is 14.8 Å². The zero-order valence-electron chi connectivity index (χ0n) is 12.8. The SMILES string of the molecule is COc1cc(C)ccc1OCC(=O)Nc1cc(C)ccc1F. The number of halogens is 1. The molecule has 22 heavy (non-hydrogen) atoms. The zero-order chi connectivity index (χ0) is 16.1. The van der Waals surface area contributed by atoms with E-state index in [0.29, 0.717) is 11.5 Å². The number of hydrogen-bond acceptors (Lipinski definition) is 3. The van der Waals surface area contributed by atoms with Crippen molar-refractivity contribution in [2.45, 2.75) is 13.8 Å². The summed E-state index contributed by atoms with van der Waals surface area (Å²) in [4.78, 5) is 11.9. The van der Waals surface area contributed by atoms with Crippen molar-refractivity contribution in [3.05, 3.63) is 53.3 Å². The maximum Gasteiger partial charge on any atom is 0.262 e. The molecule has 2 rings (SSSR count). The summed E-state index contributed by atoms with van der Waals surface area (Å²) in [6, 6.07) is 9.92. The lowest BCUT2D eigenvalue weighted by molar-refractivity contribution is -0.118. The van der Waals surface area contributed by atoms with Gasteiger partial charge in [-0.05, 0) is 49.2 Å². The van der Waals surface area contributed by atoms with Crippen molar-refractivity contribution in [1.82, 2.24) is 0 Å². The Balaban J connectivity index is 2.00. The number of aryl methyl sites for hydroxylation is 2. The summed E-state index contributed by atoms with van der Waals surface area (Å²) in [7, 11) is 1.53. The van der Waals surface area contributed by atoms with Crippen LogP contribution in [0.1, 0.15) is 11.1 Å². The monoisotopic (exact) mass is 303 g/mol. The lowest BCUT2D eigenvalue weighted by Gasteiger charge is -2.12. The smallest absolute Gasteiger partial charge is 0.262 e. The van der Waals surface area contributed by atoms with Crippen LogP contribution in [0.25, 0.3) is 0 Å². The Kier molecular flexibility index (Phi) is 4.99. The van der Waals surface area contributed by atoms with Crippen LogP contribution in [0.15, 0.2) is 36.4 Å². The molecule has 1 N–H and O–H groups in total. The Bertz CT molecular complexity index is 686. The van der Waals surface area contributed by atoms with E-state index in [0.717, 1.165) is 11.1 Å². The van der Waals surface area contributed by atoms with Gasteiger partial charge in [-0.3, -0.25) is 4.79 Å². The number of benzene rings is 2. The van der Waals surface area contributed by atoms with E-state index < -0.39 is 11.7 Å². The van der Waals surface area contributed by atoms with Gasteiger partial charge in [0.25, 0.3) is 5.91 Å². The highest BCUT2D eigenvalue weighted by molar-refractivity contribution is 5.92. The van der Waals surface area contributed by atoms with E-state index in [9.17, 15) is 9.18 Å². The van der Waals surface area contributed by atoms with Crippen molar-refractivity contribution >= 4 is 11.6 Å². The van der Waals surface area contributed by atoms with Crippen molar-refractivity contribution in [3.63, 3.8) is 0 Å². The van der Waals surface area contributed by atoms with Crippen LogP contribution >= 0.6 is 0 Å². The third-order valence-corrected chi connectivity index (χ3v) is 3.07. The Hall–Kier alpha value is -2.56. The first-order valence-corrected chi connectivity index (χ1v) is 6.83. The zero-order valence-corrected chi connectivity index (χ0v) is 12.8. The van der Waals surface area contributed by atoms with E-state index >= 15 is 0 Å². The number of ether oxygens (including phenoxy) is 2. The Labute approximate surface area is 128 Å². The second-order valence-corrected chi connectivity index (χ2v) is 4.97. The van der Waals surface area contributed by atoms with Crippen molar-refractivity contribution in [2.75, 3.05) is 19.0 Å². The number of methoxy groups -OCH3 is 1. The standard InChI is InChI=1S/C17H18FNO3/c1-11-4-6-13(18)14(8-11)19-17(20)10-22-15-7-5-12(2)9-16(15)21-3/h4-9H,10H2,1-3H3,(H,19,20). The van der Waals surface area contributed by atoms with Crippen LogP contribution < -0.4 is 14.8 Å². The molecular weight excluding hydrogens is 285 g/mol. The fraction of sp³-hybridized carbons (Fsp3) is 0.235. The maximum atomic E-state index is 13.6. The minimum absolute atomic E-state index is 0.143. The van der Waals surface area contributed by atoms with E-state index in [1.807, 2.05) is 26.0 Å². The average Bonchev–Trinajstić information content (AvgIpc) is 2.49. The first-order valence-electron chi connectivity index (χ1n) is 6.83. The summed E-state index contributed by atoms with van der Waals surface area (Å²) < 4.78 is 24.2. The van der Waals surface area contributed by atoms with Crippen molar-refractivity contribution in [3.8, 4) is 11.5 Å². The summed E-state index contributed by atoms with van der Waals surface area (Å²) >= 11 is 0. The van der Waals surface area contributed by atoms with Crippen LogP contribution in [-0.2, 0) is 4.79 Å². The topological polar surface area (TPSA) is 47.6 Å². The normalized spacial score (nSPS) is 10.2. The Morgan fingerprint density at radius 1 is 1.09 bits per heavy atom. The van der Waals surface area contributed by atoms with Crippen LogP contribution in [0.4, 0.5) is 10.1 Å². The Morgan fingerprint density at radius 2 is 1.77 bits per heavy atom. The molecule has 116 valence electrons. The molecule has 0 radical (unpaired) electrons. The fourth-order valence-corrected chi connectivity index (χ4v) is 1.96. The number of hydrogen-bond donors (Lipinski definition) is 1. The average molecular weight is 303 g/mol. The van der Waals surface area contributed by atoms with E-state index in [2.05, 4.69) is 5.32 Å². The van der Waals surface area contributed by atoms with Gasteiger partial charge in [0, 0.05) is 0 Å². The molecule has 1 amide bonds. The molecule has 0 spiro atoms. The minimum Gasteiger partial charge on any atom is -0.493 e. The summed E-state index contributed by atoms with van der Waals surface area (Å²) in [6.07, 6.45) is 0. The summed E-state index contributed by atoms with van der Waals surface area (Å²) in [5.41, 5.74) is 2.03. The van der Waals surface area contributed by atoms with Crippen LogP contribution in [0.5, 0.6) is 11.5 Å². The lowest BCUT2D eigenvalue weighted by Crippen LogP contribution is -2.21. The third-order valence-electron chi connectivity index (χ3n) is 3.07. The van der Waals surface area contributed by atoms with Gasteiger partial charge in [0.2, 0.25) is 0 Å². The lowest BCUT2D eigenvalue weighted by atomic mass is 10.2. The molecular formula is C17H18FNO3. The second kappa shape index (κ2) is 6.93. The number of rotatable bonds is 5. The molecule has 5 heteroatoms. The van der Waals surface area contributed by atoms with Gasteiger partial charge in [0.15, 0.2) is 18.1 Å². The molecule has 0 bridgehead atoms. The first-order chi connectivity index (χ1) is 10.5. The van der Waals surface area contributed by atoms with Crippen molar-refractivity contribution < 1.29 is 18.7 Å². The van der Waals surface area contributed by atoms with Crippen LogP contribution in [-0.4, -0.2) is 19.6 Å². The summed E-state index contributed by atoms with van der Waals surface area (Å²) in [5, 5.41) is 2.49. The van der Waals surface area contributed by atoms with E-state index in [1.54, 1.807) is 18.2 Å². The molecule has 0 aliphatic carbocycles. The molecule has 0 unspecified atom stereocenters. The molecule has 0 saturated carbocycles. The fourth-order valence-electron chi connectivity index (χ4n) is 1.96. The van der Waals surface area contributed by atoms with Gasteiger partial charge in [0.1, 0.15) is 5.82 Å². The number of anilines is 1. The molecule has 2 aromatic carbocycles. The largest absolute Gasteiger partial charge is 0.493 e. The molecule has 0 aromatic heterocycles. The first kappa shape index (κ1) is 15.8. The summed E-state index contributed by atoms with van der Waals surface area (Å²) in [6.45, 7) is 3.52. The van der Waals surface area contributed by atoms with Gasteiger partial charge >= 0.3 is 0 Å². The molecule has 4 nitrogen and oxygen atoms in total. The number of carbonyl (C=O) groups is 1. The quantitative estimate of drug-likeness (QED) is 0.920.